The smallest absolute Gasteiger partial charge is 0.230 e. The summed E-state index contributed by atoms with van der Waals surface area (Å²) in [6, 6.07) is 15.6. The molecule has 162 valence electrons. The van der Waals surface area contributed by atoms with Crippen LogP contribution in [0.4, 0.5) is 4.39 Å². The quantitative estimate of drug-likeness (QED) is 0.545. The molecule has 0 radical (unpaired) electrons. The summed E-state index contributed by atoms with van der Waals surface area (Å²) in [6.45, 7) is 0.419. The van der Waals surface area contributed by atoms with Gasteiger partial charge in [0.05, 0.1) is 29.4 Å². The van der Waals surface area contributed by atoms with E-state index >= 15 is 0 Å². The molecule has 10 heteroatoms. The van der Waals surface area contributed by atoms with Gasteiger partial charge in [-0.2, -0.15) is 0 Å². The van der Waals surface area contributed by atoms with Crippen molar-refractivity contribution in [3.05, 3.63) is 66.0 Å². The highest BCUT2D eigenvalue weighted by molar-refractivity contribution is 7.99. The molecule has 1 aliphatic heterocycles. The Morgan fingerprint density at radius 3 is 2.58 bits per heavy atom. The van der Waals surface area contributed by atoms with Crippen LogP contribution in [-0.4, -0.2) is 52.4 Å². The summed E-state index contributed by atoms with van der Waals surface area (Å²) in [4.78, 5) is 12.3. The van der Waals surface area contributed by atoms with Gasteiger partial charge in [0, 0.05) is 6.04 Å². The van der Waals surface area contributed by atoms with Crippen LogP contribution in [0.25, 0.3) is 11.4 Å². The predicted molar refractivity (Wildman–Crippen MR) is 117 cm³/mol. The van der Waals surface area contributed by atoms with Gasteiger partial charge in [0.25, 0.3) is 0 Å². The third-order valence-electron chi connectivity index (χ3n) is 4.95. The molecule has 2 heterocycles. The fourth-order valence-corrected chi connectivity index (χ4v) is 5.88. The van der Waals surface area contributed by atoms with Crippen LogP contribution in [-0.2, 0) is 21.2 Å². The molecule has 1 N–H and O–H groups in total. The van der Waals surface area contributed by atoms with E-state index < -0.39 is 15.7 Å². The summed E-state index contributed by atoms with van der Waals surface area (Å²) >= 11 is 1.18. The van der Waals surface area contributed by atoms with Gasteiger partial charge in [-0.25, -0.2) is 12.8 Å². The number of aromatic nitrogens is 3. The molecule has 0 unspecified atom stereocenters. The van der Waals surface area contributed by atoms with E-state index in [4.69, 9.17) is 0 Å². The molecule has 1 aliphatic rings. The molecule has 0 bridgehead atoms. The number of amides is 1. The van der Waals surface area contributed by atoms with Crippen LogP contribution < -0.4 is 5.32 Å². The van der Waals surface area contributed by atoms with E-state index in [1.807, 2.05) is 30.3 Å². The third kappa shape index (κ3) is 5.31. The van der Waals surface area contributed by atoms with E-state index in [9.17, 15) is 17.6 Å². The SMILES string of the molecule is O=C(CSc1nnc(-c2ccccc2F)n1Cc1ccccc1)N[C@@H]1CCS(=O)(=O)C1. The van der Waals surface area contributed by atoms with Crippen LogP contribution >= 0.6 is 11.8 Å². The van der Waals surface area contributed by atoms with Crippen molar-refractivity contribution >= 4 is 27.5 Å². The Balaban J connectivity index is 1.53. The lowest BCUT2D eigenvalue weighted by molar-refractivity contribution is -0.119. The number of rotatable bonds is 7. The molecule has 0 aliphatic carbocycles. The summed E-state index contributed by atoms with van der Waals surface area (Å²) in [5, 5.41) is 11.6. The van der Waals surface area contributed by atoms with Crippen molar-refractivity contribution < 1.29 is 17.6 Å². The van der Waals surface area contributed by atoms with Crippen LogP contribution in [0.3, 0.4) is 0 Å². The van der Waals surface area contributed by atoms with E-state index in [0.29, 0.717) is 29.5 Å². The highest BCUT2D eigenvalue weighted by Gasteiger charge is 2.29. The molecule has 2 aromatic carbocycles. The average Bonchev–Trinajstić information content (AvgIpc) is 3.30. The fourth-order valence-electron chi connectivity index (χ4n) is 3.45. The molecule has 3 aromatic rings. The number of carbonyl (C=O) groups is 1. The molecule has 1 saturated heterocycles. The van der Waals surface area contributed by atoms with Crippen molar-refractivity contribution in [1.29, 1.82) is 0 Å². The molecular formula is C21H21FN4O3S2. The number of halogens is 1. The van der Waals surface area contributed by atoms with Gasteiger partial charge in [-0.3, -0.25) is 9.36 Å². The van der Waals surface area contributed by atoms with E-state index in [1.54, 1.807) is 22.8 Å². The van der Waals surface area contributed by atoms with Gasteiger partial charge in [-0.15, -0.1) is 10.2 Å². The molecular weight excluding hydrogens is 439 g/mol. The Kier molecular flexibility index (Phi) is 6.38. The third-order valence-corrected chi connectivity index (χ3v) is 7.68. The summed E-state index contributed by atoms with van der Waals surface area (Å²) in [5.74, 6) is -0.157. The van der Waals surface area contributed by atoms with Crippen LogP contribution in [0, 0.1) is 5.82 Å². The summed E-state index contributed by atoms with van der Waals surface area (Å²) < 4.78 is 39.3. The summed E-state index contributed by atoms with van der Waals surface area (Å²) in [6.07, 6.45) is 0.431. The highest BCUT2D eigenvalue weighted by Crippen LogP contribution is 2.27. The first-order chi connectivity index (χ1) is 14.9. The maximum atomic E-state index is 14.4. The Morgan fingerprint density at radius 2 is 1.87 bits per heavy atom. The molecule has 4 rings (SSSR count). The Hall–Kier alpha value is -2.72. The topological polar surface area (TPSA) is 93.9 Å². The van der Waals surface area contributed by atoms with Crippen LogP contribution in [0.15, 0.2) is 59.8 Å². The Morgan fingerprint density at radius 1 is 1.13 bits per heavy atom. The second kappa shape index (κ2) is 9.19. The number of hydrogen-bond donors (Lipinski definition) is 1. The number of thioether (sulfide) groups is 1. The van der Waals surface area contributed by atoms with E-state index in [2.05, 4.69) is 15.5 Å². The number of nitrogens with one attached hydrogen (secondary N) is 1. The molecule has 0 saturated carbocycles. The van der Waals surface area contributed by atoms with Crippen LogP contribution in [0.5, 0.6) is 0 Å². The zero-order valence-electron chi connectivity index (χ0n) is 16.6. The molecule has 0 spiro atoms. The zero-order valence-corrected chi connectivity index (χ0v) is 18.2. The maximum Gasteiger partial charge on any atom is 0.230 e. The molecule has 1 atom stereocenters. The number of sulfone groups is 1. The van der Waals surface area contributed by atoms with Crippen molar-refractivity contribution in [2.24, 2.45) is 0 Å². The number of benzene rings is 2. The van der Waals surface area contributed by atoms with Gasteiger partial charge < -0.3 is 5.32 Å². The van der Waals surface area contributed by atoms with Crippen molar-refractivity contribution in [3.63, 3.8) is 0 Å². The second-order valence-electron chi connectivity index (χ2n) is 7.31. The molecule has 1 fully saturated rings. The van der Waals surface area contributed by atoms with E-state index in [-0.39, 0.29) is 29.2 Å². The largest absolute Gasteiger partial charge is 0.352 e. The maximum absolute atomic E-state index is 14.4. The molecule has 31 heavy (non-hydrogen) atoms. The van der Waals surface area contributed by atoms with E-state index in [0.717, 1.165) is 5.56 Å². The van der Waals surface area contributed by atoms with Gasteiger partial charge in [-0.05, 0) is 24.1 Å². The Bertz CT molecular complexity index is 1180. The zero-order chi connectivity index (χ0) is 21.8. The van der Waals surface area contributed by atoms with Crippen molar-refractivity contribution in [2.75, 3.05) is 17.3 Å². The first-order valence-electron chi connectivity index (χ1n) is 9.76. The molecule has 1 amide bonds. The van der Waals surface area contributed by atoms with E-state index in [1.165, 1.54) is 17.8 Å². The van der Waals surface area contributed by atoms with Gasteiger partial charge in [0.2, 0.25) is 5.91 Å². The first kappa shape index (κ1) is 21.5. The predicted octanol–water partition coefficient (Wildman–Crippen LogP) is 2.53. The fraction of sp³-hybridized carbons (Fsp3) is 0.286. The van der Waals surface area contributed by atoms with Crippen molar-refractivity contribution in [3.8, 4) is 11.4 Å². The number of hydrogen-bond acceptors (Lipinski definition) is 6. The van der Waals surface area contributed by atoms with Gasteiger partial charge in [-0.1, -0.05) is 54.2 Å². The standard InChI is InChI=1S/C21H21FN4O3S2/c22-18-9-5-4-8-17(18)20-24-25-21(26(20)12-15-6-2-1-3-7-15)30-13-19(27)23-16-10-11-31(28,29)14-16/h1-9,16H,10-14H2,(H,23,27)/t16-/m1/s1. The average molecular weight is 461 g/mol. The highest BCUT2D eigenvalue weighted by atomic mass is 32.2. The summed E-state index contributed by atoms with van der Waals surface area (Å²) in [5.41, 5.74) is 1.32. The van der Waals surface area contributed by atoms with Gasteiger partial charge in [0.1, 0.15) is 5.82 Å². The minimum atomic E-state index is -3.06. The lowest BCUT2D eigenvalue weighted by Crippen LogP contribution is -2.36. The first-order valence-corrected chi connectivity index (χ1v) is 12.6. The van der Waals surface area contributed by atoms with Crippen LogP contribution in [0.1, 0.15) is 12.0 Å². The summed E-state index contributed by atoms with van der Waals surface area (Å²) in [7, 11) is -3.06. The number of nitrogens with zero attached hydrogens (tertiary/aromatic N) is 3. The number of carbonyl (C=O) groups excluding carboxylic acids is 1. The van der Waals surface area contributed by atoms with Gasteiger partial charge >= 0.3 is 0 Å². The molecule has 7 nitrogen and oxygen atoms in total. The van der Waals surface area contributed by atoms with Crippen molar-refractivity contribution in [1.82, 2.24) is 20.1 Å². The minimum absolute atomic E-state index is 0.0228. The lowest BCUT2D eigenvalue weighted by atomic mass is 10.2. The minimum Gasteiger partial charge on any atom is -0.352 e. The van der Waals surface area contributed by atoms with Crippen molar-refractivity contribution in [2.45, 2.75) is 24.2 Å². The normalized spacial score (nSPS) is 17.5. The Labute approximate surface area is 184 Å². The monoisotopic (exact) mass is 460 g/mol. The van der Waals surface area contributed by atoms with Gasteiger partial charge in [0.15, 0.2) is 20.8 Å². The lowest BCUT2D eigenvalue weighted by Gasteiger charge is -2.12. The van der Waals surface area contributed by atoms with Crippen LogP contribution in [0.2, 0.25) is 0 Å². The second-order valence-corrected chi connectivity index (χ2v) is 10.5. The molecule has 1 aromatic heterocycles.